The van der Waals surface area contributed by atoms with E-state index in [9.17, 15) is 22.4 Å². The number of aryl methyl sites for hydroxylation is 1. The minimum atomic E-state index is -4.80. The first kappa shape index (κ1) is 15.4. The largest absolute Gasteiger partial charge is 0.481 e. The lowest BCUT2D eigenvalue weighted by molar-refractivity contribution is -0.140. The molecule has 0 radical (unpaired) electrons. The summed E-state index contributed by atoms with van der Waals surface area (Å²) < 4.78 is 52.0. The predicted molar refractivity (Wildman–Crippen MR) is 68.6 cm³/mol. The molecular weight excluding hydrogens is 310 g/mol. The van der Waals surface area contributed by atoms with Crippen LogP contribution in [0.3, 0.4) is 0 Å². The first-order valence-electron chi connectivity index (χ1n) is 5.74. The van der Waals surface area contributed by atoms with E-state index in [0.717, 1.165) is 17.4 Å². The van der Waals surface area contributed by atoms with Crippen LogP contribution in [-0.2, 0) is 17.4 Å². The van der Waals surface area contributed by atoms with Crippen molar-refractivity contribution in [1.29, 1.82) is 0 Å². The number of halogens is 4. The van der Waals surface area contributed by atoms with Crippen LogP contribution < -0.4 is 0 Å². The first-order valence-corrected chi connectivity index (χ1v) is 6.56. The average molecular weight is 319 g/mol. The summed E-state index contributed by atoms with van der Waals surface area (Å²) in [5.74, 6) is -2.49. The van der Waals surface area contributed by atoms with Gasteiger partial charge in [-0.2, -0.15) is 13.2 Å². The zero-order valence-electron chi connectivity index (χ0n) is 10.7. The molecule has 0 saturated carbocycles. The number of benzene rings is 1. The Kier molecular flexibility index (Phi) is 3.99. The number of hydrogen-bond donors (Lipinski definition) is 1. The van der Waals surface area contributed by atoms with Crippen LogP contribution in [0, 0.1) is 12.7 Å². The number of aliphatic carboxylic acids is 1. The van der Waals surface area contributed by atoms with Crippen molar-refractivity contribution < 1.29 is 27.5 Å². The van der Waals surface area contributed by atoms with E-state index in [-0.39, 0.29) is 17.0 Å². The van der Waals surface area contributed by atoms with E-state index in [1.165, 1.54) is 13.0 Å². The highest BCUT2D eigenvalue weighted by atomic mass is 32.1. The third kappa shape index (κ3) is 3.21. The summed E-state index contributed by atoms with van der Waals surface area (Å²) in [5.41, 5.74) is -1.28. The smallest absolute Gasteiger partial charge is 0.419 e. The molecule has 0 unspecified atom stereocenters. The molecule has 0 spiro atoms. The van der Waals surface area contributed by atoms with Crippen molar-refractivity contribution in [3.63, 3.8) is 0 Å². The fraction of sp³-hybridized carbons (Fsp3) is 0.231. The summed E-state index contributed by atoms with van der Waals surface area (Å²) in [5, 5.41) is 8.77. The average Bonchev–Trinajstić information content (AvgIpc) is 2.68. The SMILES string of the molecule is Cc1nc(-c2cccc(C(F)(F)F)c2F)sc1CC(=O)O. The molecule has 0 bridgehead atoms. The summed E-state index contributed by atoms with van der Waals surface area (Å²) in [7, 11) is 0. The Morgan fingerprint density at radius 2 is 2.05 bits per heavy atom. The van der Waals surface area contributed by atoms with Crippen LogP contribution in [0.5, 0.6) is 0 Å². The van der Waals surface area contributed by atoms with Crippen molar-refractivity contribution in [2.24, 2.45) is 0 Å². The Morgan fingerprint density at radius 1 is 1.38 bits per heavy atom. The molecule has 0 aliphatic rings. The van der Waals surface area contributed by atoms with Crippen molar-refractivity contribution >= 4 is 17.3 Å². The van der Waals surface area contributed by atoms with Gasteiger partial charge in [-0.25, -0.2) is 9.37 Å². The molecular formula is C13H9F4NO2S. The summed E-state index contributed by atoms with van der Waals surface area (Å²) in [6, 6.07) is 2.93. The molecule has 0 amide bonds. The number of carboxylic acid groups (broad SMARTS) is 1. The molecule has 8 heteroatoms. The predicted octanol–water partition coefficient (Wildman–Crippen LogP) is 3.90. The van der Waals surface area contributed by atoms with Crippen LogP contribution in [-0.4, -0.2) is 16.1 Å². The maximum absolute atomic E-state index is 14.0. The molecule has 1 aromatic heterocycles. The van der Waals surface area contributed by atoms with E-state index in [2.05, 4.69) is 4.98 Å². The van der Waals surface area contributed by atoms with E-state index in [4.69, 9.17) is 5.11 Å². The molecule has 0 saturated heterocycles. The van der Waals surface area contributed by atoms with Gasteiger partial charge in [-0.15, -0.1) is 11.3 Å². The number of carboxylic acids is 1. The van der Waals surface area contributed by atoms with E-state index < -0.39 is 23.5 Å². The second-order valence-corrected chi connectivity index (χ2v) is 5.35. The molecule has 112 valence electrons. The van der Waals surface area contributed by atoms with Crippen molar-refractivity contribution in [3.05, 3.63) is 40.2 Å². The molecule has 0 fully saturated rings. The van der Waals surface area contributed by atoms with Gasteiger partial charge in [-0.3, -0.25) is 4.79 Å². The summed E-state index contributed by atoms with van der Waals surface area (Å²) in [4.78, 5) is 15.0. The second-order valence-electron chi connectivity index (χ2n) is 4.26. The Hall–Kier alpha value is -1.96. The molecule has 0 aliphatic carbocycles. The molecule has 2 rings (SSSR count). The van der Waals surface area contributed by atoms with Crippen LogP contribution in [0.2, 0.25) is 0 Å². The normalized spacial score (nSPS) is 11.7. The summed E-state index contributed by atoms with van der Waals surface area (Å²) >= 11 is 0.875. The van der Waals surface area contributed by atoms with Gasteiger partial charge in [0.25, 0.3) is 0 Å². The lowest BCUT2D eigenvalue weighted by atomic mass is 10.1. The number of hydrogen-bond acceptors (Lipinski definition) is 3. The quantitative estimate of drug-likeness (QED) is 0.873. The lowest BCUT2D eigenvalue weighted by Gasteiger charge is -2.09. The number of thiazole rings is 1. The molecule has 3 nitrogen and oxygen atoms in total. The van der Waals surface area contributed by atoms with Gasteiger partial charge in [0.15, 0.2) is 0 Å². The van der Waals surface area contributed by atoms with Crippen molar-refractivity contribution in [2.75, 3.05) is 0 Å². The van der Waals surface area contributed by atoms with E-state index in [1.54, 1.807) is 0 Å². The van der Waals surface area contributed by atoms with Gasteiger partial charge in [0.05, 0.1) is 17.7 Å². The van der Waals surface area contributed by atoms with Crippen LogP contribution in [0.1, 0.15) is 16.1 Å². The number of rotatable bonds is 3. The van der Waals surface area contributed by atoms with E-state index in [1.807, 2.05) is 0 Å². The van der Waals surface area contributed by atoms with E-state index in [0.29, 0.717) is 16.6 Å². The van der Waals surface area contributed by atoms with Crippen LogP contribution in [0.4, 0.5) is 17.6 Å². The number of nitrogens with zero attached hydrogens (tertiary/aromatic N) is 1. The molecule has 2 aromatic rings. The number of carbonyl (C=O) groups is 1. The van der Waals surface area contributed by atoms with Gasteiger partial charge in [0.2, 0.25) is 0 Å². The minimum absolute atomic E-state index is 0.0346. The van der Waals surface area contributed by atoms with Crippen molar-refractivity contribution in [2.45, 2.75) is 19.5 Å². The Bertz CT molecular complexity index is 694. The minimum Gasteiger partial charge on any atom is -0.481 e. The highest BCUT2D eigenvalue weighted by molar-refractivity contribution is 7.15. The fourth-order valence-electron chi connectivity index (χ4n) is 1.76. The van der Waals surface area contributed by atoms with Gasteiger partial charge in [-0.1, -0.05) is 6.07 Å². The Balaban J connectivity index is 2.51. The molecule has 0 aliphatic heterocycles. The zero-order chi connectivity index (χ0) is 15.8. The highest BCUT2D eigenvalue weighted by Gasteiger charge is 2.35. The van der Waals surface area contributed by atoms with Gasteiger partial charge in [0.1, 0.15) is 10.8 Å². The number of aromatic nitrogens is 1. The van der Waals surface area contributed by atoms with Gasteiger partial charge in [0, 0.05) is 10.4 Å². The standard InChI is InChI=1S/C13H9F4NO2S/c1-6-9(5-10(19)20)21-12(18-6)7-3-2-4-8(11(7)14)13(15,16)17/h2-4H,5H2,1H3,(H,19,20). The summed E-state index contributed by atoms with van der Waals surface area (Å²) in [6.07, 6.45) is -5.10. The zero-order valence-corrected chi connectivity index (χ0v) is 11.5. The van der Waals surface area contributed by atoms with Crippen molar-refractivity contribution in [1.82, 2.24) is 4.98 Å². The van der Waals surface area contributed by atoms with Gasteiger partial charge >= 0.3 is 12.1 Å². The lowest BCUT2D eigenvalue weighted by Crippen LogP contribution is -2.08. The topological polar surface area (TPSA) is 50.2 Å². The van der Waals surface area contributed by atoms with Crippen LogP contribution in [0.25, 0.3) is 10.6 Å². The third-order valence-electron chi connectivity index (χ3n) is 2.74. The Labute approximate surface area is 120 Å². The van der Waals surface area contributed by atoms with Crippen LogP contribution >= 0.6 is 11.3 Å². The fourth-order valence-corrected chi connectivity index (χ4v) is 2.83. The van der Waals surface area contributed by atoms with Gasteiger partial charge in [-0.05, 0) is 19.1 Å². The molecule has 21 heavy (non-hydrogen) atoms. The number of alkyl halides is 3. The maximum atomic E-state index is 14.0. The van der Waals surface area contributed by atoms with E-state index >= 15 is 0 Å². The van der Waals surface area contributed by atoms with Gasteiger partial charge < -0.3 is 5.11 Å². The van der Waals surface area contributed by atoms with Crippen LogP contribution in [0.15, 0.2) is 18.2 Å². The monoisotopic (exact) mass is 319 g/mol. The molecule has 0 atom stereocenters. The third-order valence-corrected chi connectivity index (χ3v) is 3.93. The molecule has 1 aromatic carbocycles. The maximum Gasteiger partial charge on any atom is 0.419 e. The Morgan fingerprint density at radius 3 is 2.62 bits per heavy atom. The molecule has 1 heterocycles. The van der Waals surface area contributed by atoms with Crippen molar-refractivity contribution in [3.8, 4) is 10.6 Å². The first-order chi connectivity index (χ1) is 9.70. The summed E-state index contributed by atoms with van der Waals surface area (Å²) in [6.45, 7) is 1.53. The highest BCUT2D eigenvalue weighted by Crippen LogP contribution is 2.37. The second kappa shape index (κ2) is 5.44. The molecule has 1 N–H and O–H groups in total.